The van der Waals surface area contributed by atoms with Crippen molar-refractivity contribution in [3.63, 3.8) is 0 Å². The van der Waals surface area contributed by atoms with Crippen molar-refractivity contribution in [2.45, 2.75) is 0 Å². The van der Waals surface area contributed by atoms with Crippen molar-refractivity contribution in [3.05, 3.63) is 0 Å². The molecular weight excluding hydrogens is 473 g/mol. The first-order valence-corrected chi connectivity index (χ1v) is 15.4. The fourth-order valence-corrected chi connectivity index (χ4v) is 5.67. The molecule has 0 aliphatic rings. The van der Waals surface area contributed by atoms with E-state index >= 15 is 0 Å². The summed E-state index contributed by atoms with van der Waals surface area (Å²) in [6, 6.07) is 0. The molecule has 0 aromatic carbocycles. The van der Waals surface area contributed by atoms with Crippen molar-refractivity contribution in [1.29, 1.82) is 0 Å². The van der Waals surface area contributed by atoms with Gasteiger partial charge in [0.25, 0.3) is 0 Å². The third-order valence-corrected chi connectivity index (χ3v) is 8.80. The van der Waals surface area contributed by atoms with Crippen LogP contribution >= 0.6 is 64.8 Å². The molecule has 0 atom stereocenters. The van der Waals surface area contributed by atoms with Crippen LogP contribution in [-0.2, 0) is 14.3 Å². The average molecular weight is 505 g/mol. The molecular formula is C14H32O7S6. The Balaban J connectivity index is -0.000000482. The molecule has 7 nitrogen and oxygen atoms in total. The summed E-state index contributed by atoms with van der Waals surface area (Å²) in [4.78, 5) is 8.00. The number of ether oxygens (including phenoxy) is 2. The second-order valence-corrected chi connectivity index (χ2v) is 11.9. The van der Waals surface area contributed by atoms with Crippen molar-refractivity contribution >= 4 is 71.6 Å². The van der Waals surface area contributed by atoms with Gasteiger partial charge in [-0.3, -0.25) is 0 Å². The van der Waals surface area contributed by atoms with Crippen molar-refractivity contribution in [1.82, 2.24) is 0 Å². The number of carbonyl (C=O) groups is 1. The fourth-order valence-electron chi connectivity index (χ4n) is 0.865. The largest absolute Gasteiger partial charge is 0.395 e. The van der Waals surface area contributed by atoms with E-state index in [4.69, 9.17) is 34.7 Å². The maximum absolute atomic E-state index is 8.54. The molecule has 13 heteroatoms. The maximum atomic E-state index is 8.54. The minimum Gasteiger partial charge on any atom is -0.395 e. The highest BCUT2D eigenvalue weighted by atomic mass is 33.1. The first-order valence-electron chi connectivity index (χ1n) is 7.94. The van der Waals surface area contributed by atoms with Gasteiger partial charge in [-0.25, -0.2) is 0 Å². The number of rotatable bonds is 19. The third kappa shape index (κ3) is 42.6. The Hall–Kier alpha value is 1.53. The molecule has 0 heterocycles. The van der Waals surface area contributed by atoms with Gasteiger partial charge in [0.15, 0.2) is 0 Å². The lowest BCUT2D eigenvalue weighted by Gasteiger charge is -2.05. The summed E-state index contributed by atoms with van der Waals surface area (Å²) in [5.74, 6) is 4.87. The predicted molar refractivity (Wildman–Crippen MR) is 127 cm³/mol. The summed E-state index contributed by atoms with van der Waals surface area (Å²) in [6.45, 7) is 4.61. The molecule has 0 bridgehead atoms. The summed E-state index contributed by atoms with van der Waals surface area (Å²) in [6.07, 6.45) is 0. The van der Waals surface area contributed by atoms with Gasteiger partial charge < -0.3 is 34.7 Å². The van der Waals surface area contributed by atoms with Crippen LogP contribution in [0.25, 0.3) is 0 Å². The number of hydrogen-bond acceptors (Lipinski definition) is 13. The summed E-state index contributed by atoms with van der Waals surface area (Å²) in [5.41, 5.74) is 0. The SMILES string of the molecule is C=O.OCCSSCCO.OCCSSCCOCOCCSSCCO. The Kier molecular flexibility index (Phi) is 46.9. The van der Waals surface area contributed by atoms with Gasteiger partial charge in [-0.2, -0.15) is 0 Å². The molecule has 0 unspecified atom stereocenters. The Morgan fingerprint density at radius 2 is 0.778 bits per heavy atom. The van der Waals surface area contributed by atoms with E-state index in [1.54, 1.807) is 64.8 Å². The monoisotopic (exact) mass is 504 g/mol. The van der Waals surface area contributed by atoms with Gasteiger partial charge in [0.1, 0.15) is 13.6 Å². The molecule has 0 aromatic heterocycles. The molecule has 0 rings (SSSR count). The van der Waals surface area contributed by atoms with Crippen LogP contribution in [0, 0.1) is 0 Å². The molecule has 0 aromatic rings. The van der Waals surface area contributed by atoms with Crippen LogP contribution in [-0.4, -0.2) is 108 Å². The van der Waals surface area contributed by atoms with Gasteiger partial charge in [-0.15, -0.1) is 0 Å². The molecule has 0 radical (unpaired) electrons. The minimum atomic E-state index is 0.225. The molecule has 0 amide bonds. The van der Waals surface area contributed by atoms with E-state index in [2.05, 4.69) is 0 Å². The normalized spacial score (nSPS) is 9.93. The standard InChI is InChI=1S/C9H20O4S4.C4H10O2S2.CH2O/c10-1-5-14-16-7-3-12-9-13-4-8-17-15-6-2-11;5-1-3-7-8-4-2-6;1-2/h10-11H,1-9H2;5-6H,1-4H2;1H2. The van der Waals surface area contributed by atoms with Crippen molar-refractivity contribution in [2.75, 3.05) is 81.0 Å². The zero-order chi connectivity index (χ0) is 20.8. The maximum Gasteiger partial charge on any atom is 0.146 e. The smallest absolute Gasteiger partial charge is 0.146 e. The topological polar surface area (TPSA) is 116 Å². The van der Waals surface area contributed by atoms with Crippen molar-refractivity contribution < 1.29 is 34.7 Å². The molecule has 4 N–H and O–H groups in total. The number of aliphatic hydroxyl groups excluding tert-OH is 4. The summed E-state index contributed by atoms with van der Waals surface area (Å²) < 4.78 is 10.5. The van der Waals surface area contributed by atoms with Crippen molar-refractivity contribution in [2.24, 2.45) is 0 Å². The van der Waals surface area contributed by atoms with E-state index in [0.29, 0.717) is 20.0 Å². The highest BCUT2D eigenvalue weighted by Gasteiger charge is 1.93. The Labute approximate surface area is 186 Å². The number of hydrogen-bond donors (Lipinski definition) is 4. The van der Waals surface area contributed by atoms with Crippen LogP contribution in [0.15, 0.2) is 0 Å². The van der Waals surface area contributed by atoms with Crippen LogP contribution in [0.2, 0.25) is 0 Å². The van der Waals surface area contributed by atoms with Gasteiger partial charge in [0.05, 0.1) is 39.6 Å². The molecule has 0 spiro atoms. The quantitative estimate of drug-likeness (QED) is 0.117. The summed E-state index contributed by atoms with van der Waals surface area (Å²) >= 11 is 0. The van der Waals surface area contributed by atoms with E-state index < -0.39 is 0 Å². The van der Waals surface area contributed by atoms with Gasteiger partial charge in [0, 0.05) is 34.5 Å². The summed E-state index contributed by atoms with van der Waals surface area (Å²) in [5, 5.41) is 33.6. The number of aliphatic hydroxyl groups is 4. The molecule has 0 aliphatic heterocycles. The highest BCUT2D eigenvalue weighted by Crippen LogP contribution is 2.20. The highest BCUT2D eigenvalue weighted by molar-refractivity contribution is 8.77. The molecule has 0 fully saturated rings. The molecule has 0 saturated heterocycles. The van der Waals surface area contributed by atoms with Crippen molar-refractivity contribution in [3.8, 4) is 0 Å². The molecule has 0 aliphatic carbocycles. The minimum absolute atomic E-state index is 0.225. The van der Waals surface area contributed by atoms with Crippen LogP contribution in [0.3, 0.4) is 0 Å². The first-order chi connectivity index (χ1) is 13.3. The fraction of sp³-hybridized carbons (Fsp3) is 0.929. The zero-order valence-electron chi connectivity index (χ0n) is 15.4. The lowest BCUT2D eigenvalue weighted by atomic mass is 10.8. The zero-order valence-corrected chi connectivity index (χ0v) is 20.3. The Morgan fingerprint density at radius 1 is 0.519 bits per heavy atom. The van der Waals surface area contributed by atoms with Crippen LogP contribution in [0.1, 0.15) is 0 Å². The second-order valence-electron chi connectivity index (χ2n) is 3.76. The van der Waals surface area contributed by atoms with Crippen LogP contribution in [0.5, 0.6) is 0 Å². The second kappa shape index (κ2) is 38.2. The van der Waals surface area contributed by atoms with Crippen LogP contribution in [0.4, 0.5) is 0 Å². The lowest BCUT2D eigenvalue weighted by Crippen LogP contribution is -2.05. The van der Waals surface area contributed by atoms with Gasteiger partial charge in [-0.1, -0.05) is 64.8 Å². The molecule has 27 heavy (non-hydrogen) atoms. The van der Waals surface area contributed by atoms with Gasteiger partial charge in [-0.05, 0) is 0 Å². The summed E-state index contributed by atoms with van der Waals surface area (Å²) in [7, 11) is 9.87. The molecule has 0 saturated carbocycles. The van der Waals surface area contributed by atoms with E-state index in [0.717, 1.165) is 34.5 Å². The van der Waals surface area contributed by atoms with E-state index in [9.17, 15) is 0 Å². The van der Waals surface area contributed by atoms with E-state index in [-0.39, 0.29) is 26.4 Å². The lowest BCUT2D eigenvalue weighted by molar-refractivity contribution is -0.0980. The van der Waals surface area contributed by atoms with Crippen LogP contribution < -0.4 is 0 Å². The third-order valence-electron chi connectivity index (χ3n) is 1.74. The average Bonchev–Trinajstić information content (AvgIpc) is 2.71. The van der Waals surface area contributed by atoms with E-state index in [1.807, 2.05) is 6.79 Å². The Morgan fingerprint density at radius 3 is 1.04 bits per heavy atom. The van der Waals surface area contributed by atoms with Gasteiger partial charge >= 0.3 is 0 Å². The Bertz CT molecular complexity index is 216. The van der Waals surface area contributed by atoms with Gasteiger partial charge in [0.2, 0.25) is 0 Å². The first kappa shape index (κ1) is 33.2. The predicted octanol–water partition coefficient (Wildman–Crippen LogP) is 1.89. The number of carbonyl (C=O) groups excluding carboxylic acids is 1. The molecule has 166 valence electrons. The van der Waals surface area contributed by atoms with E-state index in [1.165, 1.54) is 0 Å².